The molecule has 2 aromatic heterocycles. The fourth-order valence-electron chi connectivity index (χ4n) is 2.90. The van der Waals surface area contributed by atoms with Crippen LogP contribution in [0.25, 0.3) is 9.75 Å². The fraction of sp³-hybridized carbons (Fsp3) is 0.273. The van der Waals surface area contributed by atoms with Crippen LogP contribution in [0.1, 0.15) is 45.4 Å². The van der Waals surface area contributed by atoms with E-state index in [4.69, 9.17) is 4.74 Å². The zero-order valence-electron chi connectivity index (χ0n) is 16.1. The highest BCUT2D eigenvalue weighted by Gasteiger charge is 2.17. The van der Waals surface area contributed by atoms with E-state index >= 15 is 0 Å². The number of aryl methyl sites for hydroxylation is 1. The standard InChI is InChI=1S/C22H22BrNO3S2/c1-2-27-22(26)18-14-16(20(29-18)17-11-12-19(23)28-17)10-6-7-13-24-21(25)15-8-4-3-5-9-15/h3-5,8-9,11-12,14H,2,6-7,10,13H2,1H3,(H,24,25). The van der Waals surface area contributed by atoms with Crippen molar-refractivity contribution >= 4 is 50.5 Å². The molecule has 3 aromatic rings. The predicted molar refractivity (Wildman–Crippen MR) is 123 cm³/mol. The van der Waals surface area contributed by atoms with E-state index < -0.39 is 0 Å². The second kappa shape index (κ2) is 10.7. The van der Waals surface area contributed by atoms with E-state index in [1.54, 1.807) is 11.3 Å². The number of carbonyl (C=O) groups is 2. The molecule has 0 aliphatic heterocycles. The Labute approximate surface area is 187 Å². The van der Waals surface area contributed by atoms with Crippen LogP contribution in [-0.2, 0) is 11.2 Å². The van der Waals surface area contributed by atoms with Gasteiger partial charge in [0.05, 0.1) is 10.4 Å². The highest BCUT2D eigenvalue weighted by Crippen LogP contribution is 2.39. The lowest BCUT2D eigenvalue weighted by molar-refractivity contribution is 0.0532. The Kier molecular flexibility index (Phi) is 8.03. The molecule has 0 bridgehead atoms. The summed E-state index contributed by atoms with van der Waals surface area (Å²) in [6, 6.07) is 15.3. The first kappa shape index (κ1) is 21.7. The molecule has 0 spiro atoms. The molecule has 152 valence electrons. The Balaban J connectivity index is 1.59. The van der Waals surface area contributed by atoms with Crippen molar-refractivity contribution in [3.8, 4) is 9.75 Å². The van der Waals surface area contributed by atoms with Gasteiger partial charge in [-0.25, -0.2) is 4.79 Å². The van der Waals surface area contributed by atoms with Gasteiger partial charge in [-0.05, 0) is 78.0 Å². The molecule has 0 saturated heterocycles. The molecule has 1 aromatic carbocycles. The summed E-state index contributed by atoms with van der Waals surface area (Å²) in [5.41, 5.74) is 1.83. The lowest BCUT2D eigenvalue weighted by atomic mass is 10.1. The monoisotopic (exact) mass is 491 g/mol. The third kappa shape index (κ3) is 6.01. The summed E-state index contributed by atoms with van der Waals surface area (Å²) in [7, 11) is 0. The number of amides is 1. The first-order valence-corrected chi connectivity index (χ1v) is 11.9. The highest BCUT2D eigenvalue weighted by atomic mass is 79.9. The van der Waals surface area contributed by atoms with Crippen molar-refractivity contribution in [3.05, 3.63) is 68.3 Å². The Morgan fingerprint density at radius 3 is 2.55 bits per heavy atom. The molecule has 0 unspecified atom stereocenters. The summed E-state index contributed by atoms with van der Waals surface area (Å²) >= 11 is 6.65. The van der Waals surface area contributed by atoms with Crippen LogP contribution < -0.4 is 5.32 Å². The van der Waals surface area contributed by atoms with Gasteiger partial charge in [0.25, 0.3) is 5.91 Å². The topological polar surface area (TPSA) is 55.4 Å². The van der Waals surface area contributed by atoms with Crippen LogP contribution in [0.4, 0.5) is 0 Å². The predicted octanol–water partition coefficient (Wildman–Crippen LogP) is 6.17. The molecule has 4 nitrogen and oxygen atoms in total. The van der Waals surface area contributed by atoms with Crippen molar-refractivity contribution in [2.45, 2.75) is 26.2 Å². The number of hydrogen-bond donors (Lipinski definition) is 1. The molecule has 29 heavy (non-hydrogen) atoms. The Morgan fingerprint density at radius 1 is 1.07 bits per heavy atom. The van der Waals surface area contributed by atoms with Crippen LogP contribution in [-0.4, -0.2) is 25.0 Å². The van der Waals surface area contributed by atoms with Crippen LogP contribution >= 0.6 is 38.6 Å². The largest absolute Gasteiger partial charge is 0.462 e. The number of ether oxygens (including phenoxy) is 1. The highest BCUT2D eigenvalue weighted by molar-refractivity contribution is 9.11. The number of thiophene rings is 2. The third-order valence-corrected chi connectivity index (χ3v) is 7.24. The van der Waals surface area contributed by atoms with Gasteiger partial charge in [-0.3, -0.25) is 4.79 Å². The molecule has 1 N–H and O–H groups in total. The molecular weight excluding hydrogens is 470 g/mol. The molecule has 0 saturated carbocycles. The van der Waals surface area contributed by atoms with Crippen LogP contribution in [0.2, 0.25) is 0 Å². The van der Waals surface area contributed by atoms with Gasteiger partial charge in [-0.1, -0.05) is 18.2 Å². The minimum absolute atomic E-state index is 0.0464. The fourth-order valence-corrected chi connectivity index (χ4v) is 5.53. The van der Waals surface area contributed by atoms with Crippen molar-refractivity contribution in [3.63, 3.8) is 0 Å². The van der Waals surface area contributed by atoms with E-state index in [2.05, 4.69) is 27.3 Å². The molecule has 0 fully saturated rings. The van der Waals surface area contributed by atoms with Crippen molar-refractivity contribution in [1.29, 1.82) is 0 Å². The van der Waals surface area contributed by atoms with E-state index in [0.717, 1.165) is 38.4 Å². The lowest BCUT2D eigenvalue weighted by Gasteiger charge is -2.06. The van der Waals surface area contributed by atoms with E-state index in [9.17, 15) is 9.59 Å². The van der Waals surface area contributed by atoms with Crippen molar-refractivity contribution < 1.29 is 14.3 Å². The Bertz CT molecular complexity index is 966. The minimum Gasteiger partial charge on any atom is -0.462 e. The molecule has 2 heterocycles. The zero-order chi connectivity index (χ0) is 20.6. The summed E-state index contributed by atoms with van der Waals surface area (Å²) in [6.07, 6.45) is 2.65. The second-order valence-electron chi connectivity index (χ2n) is 6.37. The molecule has 7 heteroatoms. The summed E-state index contributed by atoms with van der Waals surface area (Å²) in [4.78, 5) is 27.2. The zero-order valence-corrected chi connectivity index (χ0v) is 19.3. The Morgan fingerprint density at radius 2 is 1.86 bits per heavy atom. The van der Waals surface area contributed by atoms with Gasteiger partial charge in [0.15, 0.2) is 0 Å². The van der Waals surface area contributed by atoms with Crippen LogP contribution in [0, 0.1) is 0 Å². The number of esters is 1. The van der Waals surface area contributed by atoms with Crippen LogP contribution in [0.5, 0.6) is 0 Å². The summed E-state index contributed by atoms with van der Waals surface area (Å²) < 4.78 is 6.23. The van der Waals surface area contributed by atoms with Gasteiger partial charge in [-0.2, -0.15) is 0 Å². The lowest BCUT2D eigenvalue weighted by Crippen LogP contribution is -2.24. The first-order chi connectivity index (χ1) is 14.1. The normalized spacial score (nSPS) is 10.7. The van der Waals surface area contributed by atoms with E-state index in [1.807, 2.05) is 49.4 Å². The molecule has 3 rings (SSSR count). The van der Waals surface area contributed by atoms with Crippen LogP contribution in [0.15, 0.2) is 52.3 Å². The molecule has 0 atom stereocenters. The maximum Gasteiger partial charge on any atom is 0.348 e. The first-order valence-electron chi connectivity index (χ1n) is 9.47. The molecule has 0 radical (unpaired) electrons. The summed E-state index contributed by atoms with van der Waals surface area (Å²) in [5.74, 6) is -0.314. The van der Waals surface area contributed by atoms with Crippen molar-refractivity contribution in [2.24, 2.45) is 0 Å². The minimum atomic E-state index is -0.268. The Hall–Kier alpha value is -1.96. The maximum absolute atomic E-state index is 12.2. The smallest absolute Gasteiger partial charge is 0.348 e. The quantitative estimate of drug-likeness (QED) is 0.287. The molecule has 0 aliphatic carbocycles. The van der Waals surface area contributed by atoms with Crippen molar-refractivity contribution in [1.82, 2.24) is 5.32 Å². The number of nitrogens with one attached hydrogen (secondary N) is 1. The summed E-state index contributed by atoms with van der Waals surface area (Å²) in [5, 5.41) is 2.96. The van der Waals surface area contributed by atoms with Gasteiger partial charge < -0.3 is 10.1 Å². The molecule has 0 aliphatic rings. The average molecular weight is 492 g/mol. The van der Waals surface area contributed by atoms with Gasteiger partial charge in [0.2, 0.25) is 0 Å². The molecular formula is C22H22BrNO3S2. The van der Waals surface area contributed by atoms with Crippen molar-refractivity contribution in [2.75, 3.05) is 13.2 Å². The van der Waals surface area contributed by atoms with E-state index in [-0.39, 0.29) is 11.9 Å². The SMILES string of the molecule is CCOC(=O)c1cc(CCCCNC(=O)c2ccccc2)c(-c2ccc(Br)s2)s1. The molecule has 1 amide bonds. The van der Waals surface area contributed by atoms with Gasteiger partial charge >= 0.3 is 5.97 Å². The number of rotatable bonds is 9. The average Bonchev–Trinajstić information content (AvgIpc) is 3.34. The second-order valence-corrected chi connectivity index (χ2v) is 9.88. The summed E-state index contributed by atoms with van der Waals surface area (Å²) in [6.45, 7) is 2.81. The van der Waals surface area contributed by atoms with Gasteiger partial charge in [0, 0.05) is 21.9 Å². The number of hydrogen-bond acceptors (Lipinski definition) is 5. The number of benzene rings is 1. The van der Waals surface area contributed by atoms with Gasteiger partial charge in [0.1, 0.15) is 4.88 Å². The number of unbranched alkanes of at least 4 members (excludes halogenated alkanes) is 1. The van der Waals surface area contributed by atoms with Gasteiger partial charge in [-0.15, -0.1) is 22.7 Å². The number of halogens is 1. The van der Waals surface area contributed by atoms with Crippen LogP contribution in [0.3, 0.4) is 0 Å². The maximum atomic E-state index is 12.2. The van der Waals surface area contributed by atoms with E-state index in [0.29, 0.717) is 23.6 Å². The van der Waals surface area contributed by atoms with E-state index in [1.165, 1.54) is 11.3 Å². The third-order valence-electron chi connectivity index (χ3n) is 4.28. The number of carbonyl (C=O) groups excluding carboxylic acids is 2.